The summed E-state index contributed by atoms with van der Waals surface area (Å²) in [6.45, 7) is 6.18. The average Bonchev–Trinajstić information content (AvgIpc) is 2.37. The first-order valence-electron chi connectivity index (χ1n) is 6.74. The summed E-state index contributed by atoms with van der Waals surface area (Å²) in [6, 6.07) is 8.34. The molecule has 4 nitrogen and oxygen atoms in total. The van der Waals surface area contributed by atoms with E-state index in [1.54, 1.807) is 7.11 Å². The maximum Gasteiger partial charge on any atom is 0.120 e. The van der Waals surface area contributed by atoms with Crippen LogP contribution in [-0.2, 0) is 4.74 Å². The molecule has 1 unspecified atom stereocenters. The average molecular weight is 266 g/mol. The van der Waals surface area contributed by atoms with Crippen molar-refractivity contribution in [3.05, 3.63) is 29.8 Å². The maximum atomic E-state index is 5.91. The molecule has 0 aromatic heterocycles. The summed E-state index contributed by atoms with van der Waals surface area (Å²) in [5.41, 5.74) is 7.09. The molecule has 4 heteroatoms. The van der Waals surface area contributed by atoms with E-state index in [2.05, 4.69) is 24.1 Å². The lowest BCUT2D eigenvalue weighted by atomic mass is 10.1. The lowest BCUT2D eigenvalue weighted by Crippen LogP contribution is -2.32. The minimum atomic E-state index is 0.179. The number of benzene rings is 1. The van der Waals surface area contributed by atoms with Crippen LogP contribution in [-0.4, -0.2) is 44.9 Å². The number of hydrogen-bond acceptors (Lipinski definition) is 4. The molecular weight excluding hydrogens is 240 g/mol. The Kier molecular flexibility index (Phi) is 6.84. The van der Waals surface area contributed by atoms with Crippen LogP contribution in [0.15, 0.2) is 24.3 Å². The van der Waals surface area contributed by atoms with Gasteiger partial charge in [-0.3, -0.25) is 4.90 Å². The summed E-state index contributed by atoms with van der Waals surface area (Å²) in [5.74, 6) is 0.895. The van der Waals surface area contributed by atoms with E-state index in [9.17, 15) is 0 Å². The van der Waals surface area contributed by atoms with Crippen LogP contribution in [0.2, 0.25) is 0 Å². The third-order valence-electron chi connectivity index (χ3n) is 3.02. The first-order valence-corrected chi connectivity index (χ1v) is 6.74. The second-order valence-corrected chi connectivity index (χ2v) is 4.96. The van der Waals surface area contributed by atoms with Gasteiger partial charge in [-0.2, -0.15) is 0 Å². The van der Waals surface area contributed by atoms with Crippen molar-refractivity contribution < 1.29 is 9.47 Å². The molecule has 1 atom stereocenters. The van der Waals surface area contributed by atoms with Crippen LogP contribution in [0.25, 0.3) is 0 Å². The van der Waals surface area contributed by atoms with Crippen LogP contribution in [0, 0.1) is 0 Å². The fourth-order valence-corrected chi connectivity index (χ4v) is 2.03. The van der Waals surface area contributed by atoms with Crippen molar-refractivity contribution in [2.24, 2.45) is 5.73 Å². The summed E-state index contributed by atoms with van der Waals surface area (Å²) in [4.78, 5) is 2.21. The van der Waals surface area contributed by atoms with Crippen LogP contribution in [0.3, 0.4) is 0 Å². The zero-order valence-corrected chi connectivity index (χ0v) is 12.4. The van der Waals surface area contributed by atoms with Gasteiger partial charge < -0.3 is 15.2 Å². The van der Waals surface area contributed by atoms with Gasteiger partial charge >= 0.3 is 0 Å². The third kappa shape index (κ3) is 5.19. The Hall–Kier alpha value is -1.10. The number of hydrogen-bond donors (Lipinski definition) is 1. The molecule has 0 aliphatic carbocycles. The minimum Gasteiger partial charge on any atom is -0.491 e. The molecule has 0 bridgehead atoms. The molecule has 1 aromatic rings. The highest BCUT2D eigenvalue weighted by atomic mass is 16.5. The Balaban J connectivity index is 2.79. The molecule has 0 saturated heterocycles. The van der Waals surface area contributed by atoms with Crippen LogP contribution in [0.4, 0.5) is 0 Å². The quantitative estimate of drug-likeness (QED) is 0.782. The largest absolute Gasteiger partial charge is 0.491 e. The van der Waals surface area contributed by atoms with E-state index < -0.39 is 0 Å². The summed E-state index contributed by atoms with van der Waals surface area (Å²) in [7, 11) is 3.77. The van der Waals surface area contributed by atoms with Gasteiger partial charge in [-0.1, -0.05) is 12.1 Å². The van der Waals surface area contributed by atoms with Crippen LogP contribution >= 0.6 is 0 Å². The molecule has 0 amide bonds. The first kappa shape index (κ1) is 16.0. The van der Waals surface area contributed by atoms with E-state index >= 15 is 0 Å². The van der Waals surface area contributed by atoms with Crippen molar-refractivity contribution in [2.45, 2.75) is 26.0 Å². The minimum absolute atomic E-state index is 0.179. The molecule has 0 aliphatic rings. The van der Waals surface area contributed by atoms with Crippen molar-refractivity contribution in [1.82, 2.24) is 4.90 Å². The molecule has 19 heavy (non-hydrogen) atoms. The van der Waals surface area contributed by atoms with Gasteiger partial charge in [-0.05, 0) is 38.6 Å². The van der Waals surface area contributed by atoms with Gasteiger partial charge in [0.1, 0.15) is 5.75 Å². The third-order valence-corrected chi connectivity index (χ3v) is 3.02. The predicted molar refractivity (Wildman–Crippen MR) is 78.5 cm³/mol. The lowest BCUT2D eigenvalue weighted by molar-refractivity contribution is 0.140. The second kappa shape index (κ2) is 8.15. The van der Waals surface area contributed by atoms with Crippen LogP contribution in [0.1, 0.15) is 25.5 Å². The molecule has 2 N–H and O–H groups in total. The van der Waals surface area contributed by atoms with E-state index in [-0.39, 0.29) is 12.1 Å². The van der Waals surface area contributed by atoms with Gasteiger partial charge in [-0.25, -0.2) is 0 Å². The van der Waals surface area contributed by atoms with Crippen molar-refractivity contribution in [3.8, 4) is 5.75 Å². The van der Waals surface area contributed by atoms with Crippen LogP contribution < -0.4 is 10.5 Å². The van der Waals surface area contributed by atoms with E-state index in [1.807, 2.05) is 26.0 Å². The zero-order chi connectivity index (χ0) is 14.3. The van der Waals surface area contributed by atoms with Crippen molar-refractivity contribution in [2.75, 3.05) is 33.9 Å². The summed E-state index contributed by atoms with van der Waals surface area (Å²) in [6.07, 6.45) is 0.179. The molecule has 0 spiro atoms. The number of nitrogens with zero attached hydrogens (tertiary/aromatic N) is 1. The van der Waals surface area contributed by atoms with E-state index in [4.69, 9.17) is 15.2 Å². The molecule has 1 rings (SSSR count). The Morgan fingerprint density at radius 1 is 1.32 bits per heavy atom. The number of methoxy groups -OCH3 is 1. The van der Waals surface area contributed by atoms with E-state index in [1.165, 1.54) is 5.56 Å². The molecule has 0 fully saturated rings. The first-order chi connectivity index (χ1) is 9.08. The maximum absolute atomic E-state index is 5.91. The highest BCUT2D eigenvalue weighted by molar-refractivity contribution is 5.31. The summed E-state index contributed by atoms with van der Waals surface area (Å²) < 4.78 is 10.8. The Morgan fingerprint density at radius 3 is 2.63 bits per heavy atom. The predicted octanol–water partition coefficient (Wildman–Crippen LogP) is 2.05. The van der Waals surface area contributed by atoms with E-state index in [0.29, 0.717) is 13.2 Å². The molecule has 0 aliphatic heterocycles. The standard InChI is InChI=1S/C15H26N2O2/c1-12(2)19-14-7-5-6-13(10-14)15(11-16)17(3)8-9-18-4/h5-7,10,12,15H,8-9,11,16H2,1-4H3. The normalized spacial score (nSPS) is 13.0. The lowest BCUT2D eigenvalue weighted by Gasteiger charge is -2.27. The van der Waals surface area contributed by atoms with Crippen LogP contribution in [0.5, 0.6) is 5.75 Å². The number of ether oxygens (including phenoxy) is 2. The smallest absolute Gasteiger partial charge is 0.120 e. The topological polar surface area (TPSA) is 47.7 Å². The Bertz CT molecular complexity index is 369. The molecule has 0 heterocycles. The molecule has 0 radical (unpaired) electrons. The van der Waals surface area contributed by atoms with Crippen molar-refractivity contribution in [1.29, 1.82) is 0 Å². The Labute approximate surface area is 116 Å². The molecule has 0 saturated carbocycles. The number of rotatable bonds is 8. The highest BCUT2D eigenvalue weighted by Gasteiger charge is 2.15. The monoisotopic (exact) mass is 266 g/mol. The van der Waals surface area contributed by atoms with Crippen molar-refractivity contribution >= 4 is 0 Å². The zero-order valence-electron chi connectivity index (χ0n) is 12.4. The molecule has 108 valence electrons. The second-order valence-electron chi connectivity index (χ2n) is 4.96. The van der Waals surface area contributed by atoms with Gasteiger partial charge in [0.15, 0.2) is 0 Å². The summed E-state index contributed by atoms with van der Waals surface area (Å²) >= 11 is 0. The Morgan fingerprint density at radius 2 is 2.05 bits per heavy atom. The fourth-order valence-electron chi connectivity index (χ4n) is 2.03. The molecular formula is C15H26N2O2. The van der Waals surface area contributed by atoms with Crippen molar-refractivity contribution in [3.63, 3.8) is 0 Å². The van der Waals surface area contributed by atoms with E-state index in [0.717, 1.165) is 12.3 Å². The SMILES string of the molecule is COCCN(C)C(CN)c1cccc(OC(C)C)c1. The van der Waals surface area contributed by atoms with Gasteiger partial charge in [0, 0.05) is 26.2 Å². The summed E-state index contributed by atoms with van der Waals surface area (Å²) in [5, 5.41) is 0. The number of nitrogens with two attached hydrogens (primary N) is 1. The van der Waals surface area contributed by atoms with Gasteiger partial charge in [0.25, 0.3) is 0 Å². The number of likely N-dealkylation sites (N-methyl/N-ethyl adjacent to an activating group) is 1. The van der Waals surface area contributed by atoms with Gasteiger partial charge in [0.2, 0.25) is 0 Å². The van der Waals surface area contributed by atoms with Gasteiger partial charge in [0.05, 0.1) is 12.7 Å². The van der Waals surface area contributed by atoms with Gasteiger partial charge in [-0.15, -0.1) is 0 Å². The fraction of sp³-hybridized carbons (Fsp3) is 0.600. The molecule has 1 aromatic carbocycles. The highest BCUT2D eigenvalue weighted by Crippen LogP contribution is 2.23.